The highest BCUT2D eigenvalue weighted by Crippen LogP contribution is 2.15. The van der Waals surface area contributed by atoms with Crippen molar-refractivity contribution in [3.63, 3.8) is 0 Å². The molecule has 0 aliphatic heterocycles. The van der Waals surface area contributed by atoms with Gasteiger partial charge in [0.25, 0.3) is 0 Å². The first kappa shape index (κ1) is 28.2. The molecule has 0 bridgehead atoms. The van der Waals surface area contributed by atoms with E-state index in [1.807, 2.05) is 66.0 Å². The van der Waals surface area contributed by atoms with E-state index in [1.54, 1.807) is 16.4 Å². The number of hydrogen-bond donors (Lipinski definition) is 3. The molecule has 2 aromatic carbocycles. The van der Waals surface area contributed by atoms with E-state index >= 15 is 0 Å². The van der Waals surface area contributed by atoms with E-state index in [0.29, 0.717) is 24.2 Å². The maximum absolute atomic E-state index is 12.6. The number of nitrogens with one attached hydrogen (secondary N) is 2. The number of aliphatic hydroxyl groups is 1. The molecule has 11 heteroatoms. The molecule has 0 unspecified atom stereocenters. The largest absolute Gasteiger partial charge is 0.443 e. The quantitative estimate of drug-likeness (QED) is 0.214. The molecule has 39 heavy (non-hydrogen) atoms. The fourth-order valence-corrected chi connectivity index (χ4v) is 5.08. The third kappa shape index (κ3) is 9.78. The summed E-state index contributed by atoms with van der Waals surface area (Å²) in [7, 11) is 0. The Bertz CT molecular complexity index is 1260. The van der Waals surface area contributed by atoms with Crippen molar-refractivity contribution in [1.29, 1.82) is 0 Å². The molecule has 2 heterocycles. The molecule has 0 radical (unpaired) electrons. The lowest BCUT2D eigenvalue weighted by atomic mass is 9.94. The molecule has 4 aromatic rings. The summed E-state index contributed by atoms with van der Waals surface area (Å²) in [6.45, 7) is 0.0887. The van der Waals surface area contributed by atoms with Gasteiger partial charge in [-0.25, -0.2) is 19.6 Å². The smallest absolute Gasteiger partial charge is 0.407 e. The second kappa shape index (κ2) is 15.0. The van der Waals surface area contributed by atoms with E-state index in [-0.39, 0.29) is 19.6 Å². The average molecular weight is 567 g/mol. The van der Waals surface area contributed by atoms with Crippen LogP contribution in [0.1, 0.15) is 28.9 Å². The average Bonchev–Trinajstić information content (AvgIpc) is 3.66. The highest BCUT2D eigenvalue weighted by atomic mass is 32.1. The molecule has 0 fully saturated rings. The number of thiazole rings is 2. The van der Waals surface area contributed by atoms with Crippen LogP contribution in [-0.2, 0) is 35.5 Å². The predicted octanol–water partition coefficient (Wildman–Crippen LogP) is 4.73. The van der Waals surface area contributed by atoms with Gasteiger partial charge in [0.1, 0.15) is 13.2 Å². The van der Waals surface area contributed by atoms with Crippen molar-refractivity contribution in [3.05, 3.63) is 105 Å². The maximum Gasteiger partial charge on any atom is 0.407 e. The summed E-state index contributed by atoms with van der Waals surface area (Å²) in [4.78, 5) is 33.5. The third-order valence-corrected chi connectivity index (χ3v) is 7.18. The molecule has 4 rings (SSSR count). The number of carbonyl (C=O) groups is 2. The van der Waals surface area contributed by atoms with Gasteiger partial charge in [-0.05, 0) is 30.4 Å². The van der Waals surface area contributed by atoms with Crippen molar-refractivity contribution in [2.75, 3.05) is 0 Å². The highest BCUT2D eigenvalue weighted by Gasteiger charge is 2.27. The second-order valence-corrected chi connectivity index (χ2v) is 10.3. The van der Waals surface area contributed by atoms with Crippen LogP contribution in [-0.4, -0.2) is 45.4 Å². The van der Waals surface area contributed by atoms with Gasteiger partial charge in [-0.2, -0.15) is 0 Å². The first-order valence-corrected chi connectivity index (χ1v) is 14.3. The summed E-state index contributed by atoms with van der Waals surface area (Å²) in [6.07, 6.45) is -1.24. The minimum absolute atomic E-state index is 0.0342. The summed E-state index contributed by atoms with van der Waals surface area (Å²) >= 11 is 2.84. The summed E-state index contributed by atoms with van der Waals surface area (Å²) < 4.78 is 10.7. The third-order valence-electron chi connectivity index (χ3n) is 5.91. The zero-order chi connectivity index (χ0) is 27.3. The lowest BCUT2D eigenvalue weighted by molar-refractivity contribution is 0.0857. The van der Waals surface area contributed by atoms with Crippen molar-refractivity contribution >= 4 is 34.9 Å². The molecule has 3 atom stereocenters. The zero-order valence-electron chi connectivity index (χ0n) is 21.1. The Morgan fingerprint density at radius 1 is 0.769 bits per heavy atom. The van der Waals surface area contributed by atoms with E-state index in [9.17, 15) is 14.7 Å². The molecule has 3 N–H and O–H groups in total. The number of rotatable bonds is 13. The molecule has 2 aromatic heterocycles. The molecule has 9 nitrogen and oxygen atoms in total. The Morgan fingerprint density at radius 3 is 1.79 bits per heavy atom. The molecular weight excluding hydrogens is 536 g/mol. The van der Waals surface area contributed by atoms with Gasteiger partial charge in [-0.3, -0.25) is 0 Å². The Hall–Kier alpha value is -3.80. The van der Waals surface area contributed by atoms with Crippen molar-refractivity contribution in [2.45, 2.75) is 50.7 Å². The number of carbonyl (C=O) groups excluding carboxylic acids is 2. The van der Waals surface area contributed by atoms with Crippen LogP contribution in [0.2, 0.25) is 0 Å². The molecule has 204 valence electrons. The van der Waals surface area contributed by atoms with E-state index in [2.05, 4.69) is 20.6 Å². The zero-order valence-corrected chi connectivity index (χ0v) is 22.8. The van der Waals surface area contributed by atoms with Gasteiger partial charge in [0.05, 0.1) is 34.6 Å². The molecule has 0 saturated heterocycles. The first-order valence-electron chi connectivity index (χ1n) is 12.4. The molecule has 0 spiro atoms. The number of ether oxygens (including phenoxy) is 2. The monoisotopic (exact) mass is 566 g/mol. The van der Waals surface area contributed by atoms with E-state index < -0.39 is 30.4 Å². The number of aromatic nitrogens is 2. The van der Waals surface area contributed by atoms with Crippen LogP contribution in [0.25, 0.3) is 0 Å². The summed E-state index contributed by atoms with van der Waals surface area (Å²) in [5.41, 5.74) is 6.59. The predicted molar refractivity (Wildman–Crippen MR) is 149 cm³/mol. The van der Waals surface area contributed by atoms with Gasteiger partial charge >= 0.3 is 12.2 Å². The van der Waals surface area contributed by atoms with Crippen LogP contribution in [0.5, 0.6) is 0 Å². The number of hydrogen-bond acceptors (Lipinski definition) is 9. The van der Waals surface area contributed by atoms with Crippen LogP contribution in [0.15, 0.2) is 82.4 Å². The van der Waals surface area contributed by atoms with E-state index in [4.69, 9.17) is 9.47 Å². The van der Waals surface area contributed by atoms with Gasteiger partial charge in [0.15, 0.2) is 0 Å². The van der Waals surface area contributed by atoms with Gasteiger partial charge in [0.2, 0.25) is 0 Å². The minimum atomic E-state index is -0.996. The second-order valence-electron chi connectivity index (χ2n) is 8.89. The number of alkyl carbamates (subject to hydrolysis) is 2. The summed E-state index contributed by atoms with van der Waals surface area (Å²) in [5, 5.41) is 20.6. The lowest BCUT2D eigenvalue weighted by Gasteiger charge is -2.28. The van der Waals surface area contributed by atoms with Crippen LogP contribution in [0.3, 0.4) is 0 Å². The number of nitrogens with zero attached hydrogens (tertiary/aromatic N) is 2. The number of amides is 2. The van der Waals surface area contributed by atoms with Gasteiger partial charge < -0.3 is 25.2 Å². The Morgan fingerprint density at radius 2 is 1.28 bits per heavy atom. The molecular formula is C28H30N4O5S2. The van der Waals surface area contributed by atoms with Crippen molar-refractivity contribution in [2.24, 2.45) is 0 Å². The van der Waals surface area contributed by atoms with Crippen LogP contribution in [0, 0.1) is 0 Å². The Labute approximate surface area is 234 Å². The molecule has 2 amide bonds. The fourth-order valence-electron chi connectivity index (χ4n) is 4.00. The van der Waals surface area contributed by atoms with Crippen molar-refractivity contribution in [1.82, 2.24) is 20.6 Å². The SMILES string of the molecule is O=C(N[C@@H](Cc1ccccc1)C[C@H](O)[C@H](Cc1ccccc1)NC(=O)OCc1cscn1)OCc1cscn1. The number of aliphatic hydroxyl groups excluding tert-OH is 1. The Kier molecular flexibility index (Phi) is 10.8. The van der Waals surface area contributed by atoms with Crippen molar-refractivity contribution < 1.29 is 24.2 Å². The highest BCUT2D eigenvalue weighted by molar-refractivity contribution is 7.07. The topological polar surface area (TPSA) is 123 Å². The maximum atomic E-state index is 12.6. The fraction of sp³-hybridized carbons (Fsp3) is 0.286. The molecule has 0 aliphatic carbocycles. The van der Waals surface area contributed by atoms with E-state index in [1.165, 1.54) is 22.7 Å². The minimum Gasteiger partial charge on any atom is -0.443 e. The van der Waals surface area contributed by atoms with Crippen LogP contribution < -0.4 is 10.6 Å². The van der Waals surface area contributed by atoms with E-state index in [0.717, 1.165) is 11.1 Å². The molecule has 0 saturated carbocycles. The van der Waals surface area contributed by atoms with Gasteiger partial charge in [-0.1, -0.05) is 60.7 Å². The molecule has 0 aliphatic rings. The lowest BCUT2D eigenvalue weighted by Crippen LogP contribution is -2.48. The van der Waals surface area contributed by atoms with Gasteiger partial charge in [-0.15, -0.1) is 22.7 Å². The number of benzene rings is 2. The van der Waals surface area contributed by atoms with Crippen LogP contribution >= 0.6 is 22.7 Å². The summed E-state index contributed by atoms with van der Waals surface area (Å²) in [6, 6.07) is 18.1. The standard InChI is InChI=1S/C28H30N4O5S2/c33-26(25(12-21-9-5-2-6-10-21)32-28(35)37-15-24-17-39-19-30-24)13-22(11-20-7-3-1-4-8-20)31-27(34)36-14-23-16-38-18-29-23/h1-10,16-19,22,25-26,33H,11-15H2,(H,31,34)(H,32,35)/t22-,25-,26-/m0/s1. The van der Waals surface area contributed by atoms with Gasteiger partial charge in [0, 0.05) is 16.8 Å². The van der Waals surface area contributed by atoms with Crippen molar-refractivity contribution in [3.8, 4) is 0 Å². The summed E-state index contributed by atoms with van der Waals surface area (Å²) in [5.74, 6) is 0. The normalized spacial score (nSPS) is 13.2. The van der Waals surface area contributed by atoms with Crippen LogP contribution in [0.4, 0.5) is 9.59 Å². The Balaban J connectivity index is 1.42. The first-order chi connectivity index (χ1) is 19.0.